The number of ether oxygens (including phenoxy) is 2. The van der Waals surface area contributed by atoms with Crippen molar-refractivity contribution in [1.82, 2.24) is 30.0 Å². The number of nitrogens with one attached hydrogen (secondary N) is 1. The number of likely N-dealkylation sites (N-methyl/N-ethyl adjacent to an activating group) is 2. The van der Waals surface area contributed by atoms with E-state index in [2.05, 4.69) is 5.32 Å². The second-order valence-electron chi connectivity index (χ2n) is 22.7. The minimum Gasteiger partial charge on any atom is -0.379 e. The fraction of sp³-hybridized carbons (Fsp3) is 0.717. The van der Waals surface area contributed by atoms with E-state index in [0.29, 0.717) is 77.7 Å². The number of benzene rings is 1. The van der Waals surface area contributed by atoms with E-state index in [1.807, 2.05) is 90.7 Å². The molecule has 3 aliphatic rings. The first-order valence-electron chi connectivity index (χ1n) is 28.8. The molecule has 3 aliphatic heterocycles. The zero-order chi connectivity index (χ0) is 57.6. The van der Waals surface area contributed by atoms with Crippen LogP contribution >= 0.6 is 0 Å². The highest BCUT2D eigenvalue weighted by molar-refractivity contribution is 6.12. The summed E-state index contributed by atoms with van der Waals surface area (Å²) in [6, 6.07) is 8.24. The summed E-state index contributed by atoms with van der Waals surface area (Å²) in [7, 11) is 6.71. The molecule has 0 spiro atoms. The largest absolute Gasteiger partial charge is 0.379 e. The first kappa shape index (κ1) is 65.3. The molecule has 2 saturated heterocycles. The van der Waals surface area contributed by atoms with Gasteiger partial charge >= 0.3 is 0 Å². The number of likely N-dealkylation sites (tertiary alicyclic amines) is 1. The molecular weight excluding hydrogens is 997 g/mol. The molecule has 0 aromatic heterocycles. The Labute approximate surface area is 465 Å². The lowest BCUT2D eigenvalue weighted by Gasteiger charge is -2.41. The summed E-state index contributed by atoms with van der Waals surface area (Å²) in [5.74, 6) is -4.05. The number of imide groups is 1. The predicted octanol–water partition coefficient (Wildman–Crippen LogP) is 6.42. The number of methoxy groups -OCH3 is 2. The van der Waals surface area contributed by atoms with Crippen LogP contribution < -0.4 is 5.32 Å². The number of carbonyl (C=O) groups excluding carboxylic acids is 9. The number of amides is 6. The molecule has 18 heteroatoms. The number of unbranched alkanes of at least 4 members (excludes halogenated alkanes) is 2. The van der Waals surface area contributed by atoms with Gasteiger partial charge in [0.2, 0.25) is 23.6 Å². The van der Waals surface area contributed by atoms with E-state index >= 15 is 0 Å². The van der Waals surface area contributed by atoms with Crippen molar-refractivity contribution in [2.24, 2.45) is 35.5 Å². The molecule has 0 saturated carbocycles. The molecule has 1 aromatic rings. The zero-order valence-corrected chi connectivity index (χ0v) is 48.9. The fourth-order valence-electron chi connectivity index (χ4n) is 11.6. The first-order valence-corrected chi connectivity index (χ1v) is 28.8. The fourth-order valence-corrected chi connectivity index (χ4v) is 11.6. The Balaban J connectivity index is 1.34. The van der Waals surface area contributed by atoms with Crippen LogP contribution in [0.3, 0.4) is 0 Å². The monoisotopic (exact) mass is 1090 g/mol. The van der Waals surface area contributed by atoms with Gasteiger partial charge in [-0.3, -0.25) is 57.8 Å². The van der Waals surface area contributed by atoms with Crippen molar-refractivity contribution in [2.75, 3.05) is 67.6 Å². The Kier molecular flexibility index (Phi) is 27.5. The molecule has 0 radical (unpaired) electrons. The molecule has 4 rings (SSSR count). The van der Waals surface area contributed by atoms with Gasteiger partial charge in [-0.1, -0.05) is 91.6 Å². The van der Waals surface area contributed by atoms with E-state index in [4.69, 9.17) is 14.3 Å². The minimum atomic E-state index is -0.686. The van der Waals surface area contributed by atoms with Crippen LogP contribution in [0.5, 0.6) is 0 Å². The Morgan fingerprint density at radius 2 is 1.47 bits per heavy atom. The number of rotatable bonds is 35. The molecule has 18 nitrogen and oxygen atoms in total. The van der Waals surface area contributed by atoms with Crippen molar-refractivity contribution in [3.8, 4) is 0 Å². The summed E-state index contributed by atoms with van der Waals surface area (Å²) < 4.78 is 12.2. The van der Waals surface area contributed by atoms with Gasteiger partial charge in [-0.2, -0.15) is 0 Å². The lowest BCUT2D eigenvalue weighted by molar-refractivity contribution is -0.201. The van der Waals surface area contributed by atoms with Gasteiger partial charge in [0.1, 0.15) is 5.78 Å². The third kappa shape index (κ3) is 19.0. The van der Waals surface area contributed by atoms with Crippen molar-refractivity contribution in [1.29, 1.82) is 0 Å². The third-order valence-corrected chi connectivity index (χ3v) is 16.3. The van der Waals surface area contributed by atoms with Gasteiger partial charge in [-0.25, -0.2) is 5.06 Å². The van der Waals surface area contributed by atoms with Crippen LogP contribution in [0.25, 0.3) is 0 Å². The lowest BCUT2D eigenvalue weighted by atomic mass is 9.83. The van der Waals surface area contributed by atoms with Gasteiger partial charge in [-0.05, 0) is 88.3 Å². The van der Waals surface area contributed by atoms with Crippen LogP contribution in [-0.4, -0.2) is 175 Å². The van der Waals surface area contributed by atoms with Crippen molar-refractivity contribution < 1.29 is 57.5 Å². The normalized spacial score (nSPS) is 18.9. The summed E-state index contributed by atoms with van der Waals surface area (Å²) in [6.45, 7) is 15.8. The van der Waals surface area contributed by atoms with Crippen molar-refractivity contribution in [3.63, 3.8) is 0 Å². The molecule has 1 aromatic carbocycles. The van der Waals surface area contributed by atoms with Crippen molar-refractivity contribution in [3.05, 3.63) is 48.0 Å². The lowest BCUT2D eigenvalue weighted by Crippen LogP contribution is -2.54. The first-order chi connectivity index (χ1) is 37.1. The van der Waals surface area contributed by atoms with Crippen molar-refractivity contribution in [2.45, 2.75) is 175 Å². The number of hydroxylamine groups is 2. The maximum absolute atomic E-state index is 14.8. The molecule has 2 fully saturated rings. The number of carbonyl (C=O) groups is 9. The summed E-state index contributed by atoms with van der Waals surface area (Å²) in [6.07, 6.45) is 8.04. The second kappa shape index (κ2) is 32.8. The van der Waals surface area contributed by atoms with E-state index in [9.17, 15) is 43.2 Å². The predicted molar refractivity (Wildman–Crippen MR) is 297 cm³/mol. The smallest absolute Gasteiger partial charge is 0.253 e. The summed E-state index contributed by atoms with van der Waals surface area (Å²) >= 11 is 0. The standard InChI is InChI=1S/C60H94N6O12/c1-12-42(6)57(51(76-10)38-55(73)64-32-22-26-48(64)58(77-11)43(7)49(68)36-45(35-44-23-15-13-16-24-44)59(74)66-33-19-20-34-78-66)63(9)60(75)47(40(2)3)37-50(69)56(41(4)5)62(8)30-21-25-46(67)39-61-52(70)27-17-14-18-31-65-53(71)28-29-54(65)72/h13,15-16,23-24,28-29,40-43,45,47-48,51,56-58H,12,14,17-22,25-27,30-39H2,1-11H3,(H,61,70)/t42-,43-,45+,47-,48-,51+,56-,57-,58+/m0/s1. The second-order valence-corrected chi connectivity index (χ2v) is 22.7. The quantitative estimate of drug-likeness (QED) is 0.0576. The van der Waals surface area contributed by atoms with E-state index < -0.39 is 48.1 Å². The molecule has 1 N–H and O–H groups in total. The number of nitrogens with zero attached hydrogens (tertiary/aromatic N) is 5. The Bertz CT molecular complexity index is 2160. The molecule has 3 heterocycles. The summed E-state index contributed by atoms with van der Waals surface area (Å²) in [5, 5.41) is 4.10. The molecular formula is C60H94N6O12. The van der Waals surface area contributed by atoms with E-state index in [1.165, 1.54) is 22.1 Å². The average Bonchev–Trinajstić information content (AvgIpc) is 4.04. The van der Waals surface area contributed by atoms with Crippen LogP contribution in [0.15, 0.2) is 42.5 Å². The van der Waals surface area contributed by atoms with Crippen LogP contribution in [-0.2, 0) is 63.9 Å². The number of hydrogen-bond donors (Lipinski definition) is 1. The summed E-state index contributed by atoms with van der Waals surface area (Å²) in [4.78, 5) is 133. The SMILES string of the molecule is CC[C@H](C)[C@@H]([C@@H](CC(=O)N1CCC[C@H]1[C@H](OC)[C@@H](C)C(=O)C[C@@H](Cc1ccccc1)C(=O)N1CCCCO1)OC)N(C)C(=O)[C@@H](CC(=O)[C@H](C(C)C)N(C)CCCC(=O)CNC(=O)CCCCCN1C(=O)C=CC1=O)C(C)C. The van der Waals surface area contributed by atoms with Crippen LogP contribution in [0.2, 0.25) is 0 Å². The average molecular weight is 1090 g/mol. The number of ketones is 3. The third-order valence-electron chi connectivity index (χ3n) is 16.3. The molecule has 6 amide bonds. The van der Waals surface area contributed by atoms with Crippen molar-refractivity contribution >= 4 is 52.8 Å². The van der Waals surface area contributed by atoms with Gasteiger partial charge in [0.15, 0.2) is 11.6 Å². The van der Waals surface area contributed by atoms with Crippen LogP contribution in [0, 0.1) is 35.5 Å². The molecule has 0 aliphatic carbocycles. The number of Topliss-reactive ketones (excluding diaryl/α,β-unsaturated/α-hetero) is 3. The maximum Gasteiger partial charge on any atom is 0.253 e. The highest BCUT2D eigenvalue weighted by atomic mass is 16.7. The molecule has 9 atom stereocenters. The summed E-state index contributed by atoms with van der Waals surface area (Å²) in [5.41, 5.74) is 0.951. The van der Waals surface area contributed by atoms with Gasteiger partial charge < -0.3 is 24.6 Å². The van der Waals surface area contributed by atoms with Crippen LogP contribution in [0.4, 0.5) is 0 Å². The van der Waals surface area contributed by atoms with Gasteiger partial charge in [-0.15, -0.1) is 0 Å². The highest BCUT2D eigenvalue weighted by Gasteiger charge is 2.44. The number of hydrogen-bond acceptors (Lipinski definition) is 13. The Morgan fingerprint density at radius 1 is 0.782 bits per heavy atom. The minimum absolute atomic E-state index is 0.00213. The highest BCUT2D eigenvalue weighted by Crippen LogP contribution is 2.32. The molecule has 78 heavy (non-hydrogen) atoms. The van der Waals surface area contributed by atoms with Crippen LogP contribution in [0.1, 0.15) is 144 Å². The molecule has 0 bridgehead atoms. The van der Waals surface area contributed by atoms with Gasteiger partial charge in [0.05, 0.1) is 55.8 Å². The zero-order valence-electron chi connectivity index (χ0n) is 48.9. The van der Waals surface area contributed by atoms with Gasteiger partial charge in [0.25, 0.3) is 11.8 Å². The van der Waals surface area contributed by atoms with E-state index in [-0.39, 0.29) is 109 Å². The Morgan fingerprint density at radius 3 is 2.08 bits per heavy atom. The molecule has 436 valence electrons. The van der Waals surface area contributed by atoms with Gasteiger partial charge in [0, 0.05) is 90.6 Å². The molecule has 0 unspecified atom stereocenters. The van der Waals surface area contributed by atoms with E-state index in [1.54, 1.807) is 31.1 Å². The van der Waals surface area contributed by atoms with E-state index in [0.717, 1.165) is 24.8 Å². The Hall–Kier alpha value is -5.17. The topological polar surface area (TPSA) is 210 Å². The maximum atomic E-state index is 14.8.